The van der Waals surface area contributed by atoms with Crippen LogP contribution in [0.25, 0.3) is 0 Å². The summed E-state index contributed by atoms with van der Waals surface area (Å²) in [6, 6.07) is 0. The number of rotatable bonds is 1. The minimum atomic E-state index is 0.155. The zero-order valence-corrected chi connectivity index (χ0v) is 5.67. The van der Waals surface area contributed by atoms with Crippen molar-refractivity contribution in [3.05, 3.63) is 24.9 Å². The Hall–Kier alpha value is -0.850. The molecule has 0 spiro atoms. The van der Waals surface area contributed by atoms with Crippen LogP contribution in [-0.4, -0.2) is 6.21 Å². The number of allylic oxidation sites excluding steroid dienone is 2. The lowest BCUT2D eigenvalue weighted by Gasteiger charge is -2.19. The third-order valence-electron chi connectivity index (χ3n) is 1.64. The molecular formula is C8H11N. The van der Waals surface area contributed by atoms with Crippen molar-refractivity contribution in [2.24, 2.45) is 10.4 Å². The predicted octanol–water partition coefficient (Wildman–Crippen LogP) is 2.17. The first kappa shape index (κ1) is 6.27. The quantitative estimate of drug-likeness (QED) is 0.471. The molecule has 0 aromatic carbocycles. The fraction of sp³-hybridized carbons (Fsp3) is 0.375. The topological polar surface area (TPSA) is 12.4 Å². The van der Waals surface area contributed by atoms with Crippen LogP contribution in [0.2, 0.25) is 0 Å². The third-order valence-corrected chi connectivity index (χ3v) is 1.64. The average molecular weight is 121 g/mol. The summed E-state index contributed by atoms with van der Waals surface area (Å²) in [5.41, 5.74) is 0.155. The first-order chi connectivity index (χ1) is 4.27. The van der Waals surface area contributed by atoms with Crippen LogP contribution in [0.1, 0.15) is 13.3 Å². The molecule has 0 amide bonds. The van der Waals surface area contributed by atoms with E-state index in [1.807, 2.05) is 18.5 Å². The maximum atomic E-state index is 3.97. The van der Waals surface area contributed by atoms with Gasteiger partial charge in [0, 0.05) is 17.8 Å². The van der Waals surface area contributed by atoms with Crippen molar-refractivity contribution in [3.8, 4) is 0 Å². The van der Waals surface area contributed by atoms with Gasteiger partial charge < -0.3 is 0 Å². The van der Waals surface area contributed by atoms with Crippen molar-refractivity contribution in [2.75, 3.05) is 0 Å². The van der Waals surface area contributed by atoms with E-state index in [2.05, 4.69) is 24.6 Å². The van der Waals surface area contributed by atoms with Gasteiger partial charge in [0.25, 0.3) is 0 Å². The van der Waals surface area contributed by atoms with Crippen LogP contribution in [0.15, 0.2) is 29.9 Å². The van der Waals surface area contributed by atoms with E-state index < -0.39 is 0 Å². The molecule has 1 rings (SSSR count). The van der Waals surface area contributed by atoms with E-state index in [-0.39, 0.29) is 5.41 Å². The molecule has 0 N–H and O–H groups in total. The fourth-order valence-electron chi connectivity index (χ4n) is 0.743. The van der Waals surface area contributed by atoms with Crippen molar-refractivity contribution in [3.63, 3.8) is 0 Å². The maximum Gasteiger partial charge on any atom is 0.0232 e. The molecule has 0 bridgehead atoms. The van der Waals surface area contributed by atoms with Crippen LogP contribution < -0.4 is 0 Å². The largest absolute Gasteiger partial charge is 0.269 e. The van der Waals surface area contributed by atoms with Crippen LogP contribution in [0.5, 0.6) is 0 Å². The molecule has 1 atom stereocenters. The monoisotopic (exact) mass is 121 g/mol. The van der Waals surface area contributed by atoms with Crippen LogP contribution in [-0.2, 0) is 0 Å². The Kier molecular flexibility index (Phi) is 1.52. The first-order valence-electron chi connectivity index (χ1n) is 3.10. The van der Waals surface area contributed by atoms with E-state index in [0.29, 0.717) is 0 Å². The van der Waals surface area contributed by atoms with E-state index in [9.17, 15) is 0 Å². The molecule has 1 heteroatoms. The highest BCUT2D eigenvalue weighted by Crippen LogP contribution is 2.25. The summed E-state index contributed by atoms with van der Waals surface area (Å²) >= 11 is 0. The lowest BCUT2D eigenvalue weighted by Crippen LogP contribution is -2.11. The van der Waals surface area contributed by atoms with Crippen molar-refractivity contribution < 1.29 is 0 Å². The molecule has 1 unspecified atom stereocenters. The highest BCUT2D eigenvalue weighted by Gasteiger charge is 2.15. The summed E-state index contributed by atoms with van der Waals surface area (Å²) in [6.45, 7) is 5.88. The highest BCUT2D eigenvalue weighted by atomic mass is 14.7. The first-order valence-corrected chi connectivity index (χ1v) is 3.10. The minimum absolute atomic E-state index is 0.155. The van der Waals surface area contributed by atoms with Gasteiger partial charge in [-0.25, -0.2) is 0 Å². The molecule has 0 saturated carbocycles. The van der Waals surface area contributed by atoms with Crippen LogP contribution in [0, 0.1) is 5.41 Å². The molecule has 0 aliphatic carbocycles. The summed E-state index contributed by atoms with van der Waals surface area (Å²) in [4.78, 5) is 3.97. The molecule has 0 aromatic heterocycles. The summed E-state index contributed by atoms with van der Waals surface area (Å²) in [5.74, 6) is 0. The van der Waals surface area contributed by atoms with Crippen LogP contribution in [0.3, 0.4) is 0 Å². The Labute approximate surface area is 55.8 Å². The van der Waals surface area contributed by atoms with Gasteiger partial charge in [-0.2, -0.15) is 0 Å². The molecule has 9 heavy (non-hydrogen) atoms. The standard InChI is InChI=1S/C8H11N/c1-3-8(2)4-6-9-7-5-8/h3-4,6-7H,1,5H2,2H3. The Morgan fingerprint density at radius 3 is 2.89 bits per heavy atom. The van der Waals surface area contributed by atoms with Gasteiger partial charge in [-0.1, -0.05) is 19.1 Å². The van der Waals surface area contributed by atoms with Gasteiger partial charge in [-0.05, 0) is 6.42 Å². The minimum Gasteiger partial charge on any atom is -0.269 e. The molecule has 1 aliphatic rings. The molecule has 1 nitrogen and oxygen atoms in total. The second-order valence-corrected chi connectivity index (χ2v) is 2.56. The van der Waals surface area contributed by atoms with Crippen molar-refractivity contribution in [1.29, 1.82) is 0 Å². The predicted molar refractivity (Wildman–Crippen MR) is 40.6 cm³/mol. The van der Waals surface area contributed by atoms with Gasteiger partial charge in [-0.3, -0.25) is 4.99 Å². The van der Waals surface area contributed by atoms with Gasteiger partial charge in [0.2, 0.25) is 0 Å². The van der Waals surface area contributed by atoms with Crippen molar-refractivity contribution in [2.45, 2.75) is 13.3 Å². The molecule has 0 aromatic rings. The van der Waals surface area contributed by atoms with Gasteiger partial charge in [0.15, 0.2) is 0 Å². The van der Waals surface area contributed by atoms with Gasteiger partial charge >= 0.3 is 0 Å². The molecule has 0 radical (unpaired) electrons. The third kappa shape index (κ3) is 1.28. The van der Waals surface area contributed by atoms with E-state index in [1.165, 1.54) is 0 Å². The summed E-state index contributed by atoms with van der Waals surface area (Å²) in [7, 11) is 0. The molecule has 1 aliphatic heterocycles. The van der Waals surface area contributed by atoms with E-state index in [1.54, 1.807) is 0 Å². The van der Waals surface area contributed by atoms with Gasteiger partial charge in [0.1, 0.15) is 0 Å². The average Bonchev–Trinajstić information content (AvgIpc) is 1.90. The molecular weight excluding hydrogens is 110 g/mol. The maximum absolute atomic E-state index is 3.97. The fourth-order valence-corrected chi connectivity index (χ4v) is 0.743. The summed E-state index contributed by atoms with van der Waals surface area (Å²) in [6.07, 6.45) is 8.74. The second-order valence-electron chi connectivity index (χ2n) is 2.56. The van der Waals surface area contributed by atoms with Gasteiger partial charge in [0.05, 0.1) is 0 Å². The molecule has 0 saturated heterocycles. The number of hydrogen-bond acceptors (Lipinski definition) is 1. The molecule has 1 heterocycles. The molecule has 48 valence electrons. The summed E-state index contributed by atoms with van der Waals surface area (Å²) < 4.78 is 0. The summed E-state index contributed by atoms with van der Waals surface area (Å²) in [5, 5.41) is 0. The normalized spacial score (nSPS) is 32.6. The smallest absolute Gasteiger partial charge is 0.0232 e. The SMILES string of the molecule is C=CC1(C)C=CN=CC1. The number of aliphatic imine (C=N–C) groups is 1. The number of nitrogens with zero attached hydrogens (tertiary/aromatic N) is 1. The van der Waals surface area contributed by atoms with E-state index in [0.717, 1.165) is 6.42 Å². The Morgan fingerprint density at radius 1 is 1.78 bits per heavy atom. The van der Waals surface area contributed by atoms with Crippen LogP contribution in [0.4, 0.5) is 0 Å². The van der Waals surface area contributed by atoms with Crippen molar-refractivity contribution >= 4 is 6.21 Å². The number of hydrogen-bond donors (Lipinski definition) is 0. The molecule has 0 fully saturated rings. The zero-order chi connectivity index (χ0) is 6.74. The highest BCUT2D eigenvalue weighted by molar-refractivity contribution is 5.61. The zero-order valence-electron chi connectivity index (χ0n) is 5.67. The van der Waals surface area contributed by atoms with E-state index >= 15 is 0 Å². The van der Waals surface area contributed by atoms with Crippen molar-refractivity contribution in [1.82, 2.24) is 0 Å². The van der Waals surface area contributed by atoms with Crippen LogP contribution >= 0.6 is 0 Å². The lowest BCUT2D eigenvalue weighted by molar-refractivity contribution is 0.579. The Balaban J connectivity index is 2.73. The second kappa shape index (κ2) is 2.18. The lowest BCUT2D eigenvalue weighted by atomic mass is 9.87. The Bertz CT molecular complexity index is 167. The van der Waals surface area contributed by atoms with Gasteiger partial charge in [-0.15, -0.1) is 6.58 Å². The van der Waals surface area contributed by atoms with E-state index in [4.69, 9.17) is 0 Å². The Morgan fingerprint density at radius 2 is 2.56 bits per heavy atom.